The number of hydrogen-bond acceptors (Lipinski definition) is 6. The summed E-state index contributed by atoms with van der Waals surface area (Å²) in [5.74, 6) is -0.145. The monoisotopic (exact) mass is 370 g/mol. The Bertz CT molecular complexity index is 980. The molecule has 1 fully saturated rings. The van der Waals surface area contributed by atoms with E-state index in [-0.39, 0.29) is 23.5 Å². The third kappa shape index (κ3) is 3.22. The van der Waals surface area contributed by atoms with Gasteiger partial charge in [-0.15, -0.1) is 10.2 Å². The van der Waals surface area contributed by atoms with Crippen LogP contribution in [-0.2, 0) is 9.59 Å². The minimum Gasteiger partial charge on any atom is -0.369 e. The second-order valence-electron chi connectivity index (χ2n) is 6.31. The number of thioether (sulfide) groups is 1. The van der Waals surface area contributed by atoms with Crippen LogP contribution in [0.25, 0.3) is 22.1 Å². The number of carbonyl (C=O) groups is 2. The van der Waals surface area contributed by atoms with Crippen LogP contribution in [0.1, 0.15) is 12.8 Å². The topological polar surface area (TPSA) is 118 Å². The van der Waals surface area contributed by atoms with E-state index in [2.05, 4.69) is 20.2 Å². The minimum atomic E-state index is -0.280. The Balaban J connectivity index is 1.41. The van der Waals surface area contributed by atoms with Gasteiger partial charge < -0.3 is 15.6 Å². The average Bonchev–Trinajstić information content (AvgIpc) is 3.04. The molecule has 0 aliphatic carbocycles. The highest BCUT2D eigenvalue weighted by molar-refractivity contribution is 7.99. The Kier molecular flexibility index (Phi) is 4.46. The van der Waals surface area contributed by atoms with Gasteiger partial charge in [-0.1, -0.05) is 30.0 Å². The number of rotatable bonds is 4. The molecular weight excluding hydrogens is 352 g/mol. The van der Waals surface area contributed by atoms with E-state index in [9.17, 15) is 9.59 Å². The number of primary amides is 1. The first-order chi connectivity index (χ1) is 12.6. The summed E-state index contributed by atoms with van der Waals surface area (Å²) in [6.45, 7) is 1.13. The fourth-order valence-electron chi connectivity index (χ4n) is 3.20. The van der Waals surface area contributed by atoms with Crippen LogP contribution in [0.2, 0.25) is 0 Å². The maximum atomic E-state index is 12.4. The molecule has 3 N–H and O–H groups in total. The average molecular weight is 370 g/mol. The molecule has 3 heterocycles. The zero-order chi connectivity index (χ0) is 18.1. The first-order valence-corrected chi connectivity index (χ1v) is 9.41. The summed E-state index contributed by atoms with van der Waals surface area (Å²) in [4.78, 5) is 33.0. The van der Waals surface area contributed by atoms with Crippen molar-refractivity contribution in [1.82, 2.24) is 25.1 Å². The lowest BCUT2D eigenvalue weighted by Crippen LogP contribution is -2.42. The molecule has 2 aromatic heterocycles. The number of benzene rings is 1. The van der Waals surface area contributed by atoms with E-state index in [1.54, 1.807) is 4.90 Å². The van der Waals surface area contributed by atoms with Crippen molar-refractivity contribution in [3.8, 4) is 0 Å². The lowest BCUT2D eigenvalue weighted by Gasteiger charge is -2.30. The zero-order valence-corrected chi connectivity index (χ0v) is 14.8. The molecule has 1 aliphatic rings. The van der Waals surface area contributed by atoms with Crippen LogP contribution in [0.3, 0.4) is 0 Å². The molecule has 0 radical (unpaired) electrons. The highest BCUT2D eigenvalue weighted by Crippen LogP contribution is 2.24. The summed E-state index contributed by atoms with van der Waals surface area (Å²) >= 11 is 1.27. The van der Waals surface area contributed by atoms with Gasteiger partial charge in [0.2, 0.25) is 17.0 Å². The summed E-state index contributed by atoms with van der Waals surface area (Å²) in [6, 6.07) is 7.82. The van der Waals surface area contributed by atoms with Crippen molar-refractivity contribution < 1.29 is 9.59 Å². The van der Waals surface area contributed by atoms with E-state index >= 15 is 0 Å². The van der Waals surface area contributed by atoms with Gasteiger partial charge in [0.15, 0.2) is 5.65 Å². The van der Waals surface area contributed by atoms with E-state index in [0.29, 0.717) is 36.7 Å². The number of carbonyl (C=O) groups excluding carboxylic acids is 2. The molecule has 0 bridgehead atoms. The first-order valence-electron chi connectivity index (χ1n) is 8.43. The van der Waals surface area contributed by atoms with Crippen LogP contribution in [0.15, 0.2) is 29.4 Å². The number of hydrogen-bond donors (Lipinski definition) is 2. The lowest BCUT2D eigenvalue weighted by atomic mass is 9.96. The number of likely N-dealkylation sites (tertiary alicyclic amines) is 1. The van der Waals surface area contributed by atoms with Gasteiger partial charge in [0.05, 0.1) is 5.75 Å². The molecule has 0 unspecified atom stereocenters. The first kappa shape index (κ1) is 16.8. The molecular formula is C17H18N6O2S. The zero-order valence-electron chi connectivity index (χ0n) is 14.0. The molecule has 9 heteroatoms. The van der Waals surface area contributed by atoms with Crippen molar-refractivity contribution >= 4 is 45.6 Å². The molecule has 134 valence electrons. The molecule has 1 aromatic carbocycles. The maximum absolute atomic E-state index is 12.4. The molecule has 2 amide bonds. The number of aromatic amines is 1. The van der Waals surface area contributed by atoms with Gasteiger partial charge in [0, 0.05) is 29.9 Å². The van der Waals surface area contributed by atoms with Gasteiger partial charge in [0.25, 0.3) is 0 Å². The molecule has 26 heavy (non-hydrogen) atoms. The van der Waals surface area contributed by atoms with Crippen molar-refractivity contribution in [2.24, 2.45) is 11.7 Å². The van der Waals surface area contributed by atoms with Crippen LogP contribution in [0, 0.1) is 5.92 Å². The number of para-hydroxylation sites is 1. The fourth-order valence-corrected chi connectivity index (χ4v) is 3.89. The molecule has 3 aromatic rings. The number of aromatic nitrogens is 4. The third-order valence-corrected chi connectivity index (χ3v) is 5.50. The number of piperidine rings is 1. The van der Waals surface area contributed by atoms with Crippen molar-refractivity contribution in [1.29, 1.82) is 0 Å². The summed E-state index contributed by atoms with van der Waals surface area (Å²) in [5, 5.41) is 9.82. The quantitative estimate of drug-likeness (QED) is 0.669. The van der Waals surface area contributed by atoms with E-state index in [0.717, 1.165) is 16.4 Å². The van der Waals surface area contributed by atoms with Crippen LogP contribution in [-0.4, -0.2) is 55.7 Å². The van der Waals surface area contributed by atoms with Gasteiger partial charge in [-0.25, -0.2) is 4.98 Å². The van der Waals surface area contributed by atoms with E-state index in [4.69, 9.17) is 5.73 Å². The number of nitrogens with zero attached hydrogens (tertiary/aromatic N) is 4. The smallest absolute Gasteiger partial charge is 0.233 e. The largest absolute Gasteiger partial charge is 0.369 e. The van der Waals surface area contributed by atoms with Crippen LogP contribution >= 0.6 is 11.8 Å². The van der Waals surface area contributed by atoms with Crippen molar-refractivity contribution in [2.45, 2.75) is 18.0 Å². The van der Waals surface area contributed by atoms with Crippen LogP contribution in [0.4, 0.5) is 0 Å². The van der Waals surface area contributed by atoms with Gasteiger partial charge in [0.1, 0.15) is 5.52 Å². The molecule has 8 nitrogen and oxygen atoms in total. The van der Waals surface area contributed by atoms with Gasteiger partial charge >= 0.3 is 0 Å². The van der Waals surface area contributed by atoms with Crippen molar-refractivity contribution in [3.63, 3.8) is 0 Å². The summed E-state index contributed by atoms with van der Waals surface area (Å²) < 4.78 is 0. The fraction of sp³-hybridized carbons (Fsp3) is 0.353. The highest BCUT2D eigenvalue weighted by Gasteiger charge is 2.25. The van der Waals surface area contributed by atoms with Gasteiger partial charge in [-0.3, -0.25) is 9.59 Å². The van der Waals surface area contributed by atoms with E-state index in [1.165, 1.54) is 11.8 Å². The second-order valence-corrected chi connectivity index (χ2v) is 7.25. The van der Waals surface area contributed by atoms with Gasteiger partial charge in [-0.05, 0) is 18.9 Å². The highest BCUT2D eigenvalue weighted by atomic mass is 32.2. The summed E-state index contributed by atoms with van der Waals surface area (Å²) in [7, 11) is 0. The summed E-state index contributed by atoms with van der Waals surface area (Å²) in [5.41, 5.74) is 7.67. The van der Waals surface area contributed by atoms with E-state index in [1.807, 2.05) is 24.3 Å². The number of fused-ring (bicyclic) bond motifs is 3. The molecule has 4 rings (SSSR count). The second kappa shape index (κ2) is 6.91. The van der Waals surface area contributed by atoms with Crippen molar-refractivity contribution in [3.05, 3.63) is 24.3 Å². The molecule has 0 spiro atoms. The standard InChI is InChI=1S/C17H18N6O2S/c18-15(25)10-5-7-23(8-6-10)13(24)9-26-17-20-16-14(21-22-17)11-3-1-2-4-12(11)19-16/h1-4,10H,5-9H2,(H2,18,25)(H,19,20,22). The SMILES string of the molecule is NC(=O)C1CCN(C(=O)CSc2nnc3c(n2)[nH]c2ccccc23)CC1. The van der Waals surface area contributed by atoms with E-state index < -0.39 is 0 Å². The van der Waals surface area contributed by atoms with Crippen molar-refractivity contribution in [2.75, 3.05) is 18.8 Å². The van der Waals surface area contributed by atoms with Gasteiger partial charge in [-0.2, -0.15) is 0 Å². The number of amides is 2. The Morgan fingerprint density at radius 1 is 1.23 bits per heavy atom. The summed E-state index contributed by atoms with van der Waals surface area (Å²) in [6.07, 6.45) is 1.26. The predicted octanol–water partition coefficient (Wildman–Crippen LogP) is 1.32. The number of H-pyrrole nitrogens is 1. The number of nitrogens with one attached hydrogen (secondary N) is 1. The molecule has 1 aliphatic heterocycles. The molecule has 1 saturated heterocycles. The Labute approximate surface area is 153 Å². The molecule has 0 atom stereocenters. The maximum Gasteiger partial charge on any atom is 0.233 e. The normalized spacial score (nSPS) is 15.6. The number of nitrogens with two attached hydrogens (primary N) is 1. The van der Waals surface area contributed by atoms with Crippen LogP contribution < -0.4 is 5.73 Å². The minimum absolute atomic E-state index is 0.0123. The third-order valence-electron chi connectivity index (χ3n) is 4.68. The van der Waals surface area contributed by atoms with Crippen LogP contribution in [0.5, 0.6) is 0 Å². The Morgan fingerprint density at radius 3 is 2.77 bits per heavy atom. The Hall–Kier alpha value is -2.68. The lowest BCUT2D eigenvalue weighted by molar-refractivity contribution is -0.132. The molecule has 0 saturated carbocycles. The Morgan fingerprint density at radius 2 is 2.00 bits per heavy atom. The predicted molar refractivity (Wildman–Crippen MR) is 98.4 cm³/mol.